The van der Waals surface area contributed by atoms with Gasteiger partial charge in [-0.1, -0.05) is 24.3 Å². The van der Waals surface area contributed by atoms with E-state index in [1.54, 1.807) is 0 Å². The van der Waals surface area contributed by atoms with Crippen LogP contribution in [0.3, 0.4) is 0 Å². The molecule has 1 aliphatic heterocycles. The lowest BCUT2D eigenvalue weighted by molar-refractivity contribution is -0.192. The molecule has 9 heteroatoms. The molecule has 2 N–H and O–H groups in total. The van der Waals surface area contributed by atoms with Crippen molar-refractivity contribution >= 4 is 22.6 Å². The normalized spacial score (nSPS) is 18.5. The summed E-state index contributed by atoms with van der Waals surface area (Å²) in [5.74, 6) is -2.16. The maximum atomic E-state index is 13.0. The highest BCUT2D eigenvalue weighted by Gasteiger charge is 2.38. The molecule has 4 rings (SSSR count). The highest BCUT2D eigenvalue weighted by molar-refractivity contribution is 5.97. The Balaban J connectivity index is 0.000000318. The summed E-state index contributed by atoms with van der Waals surface area (Å²) < 4.78 is 31.7. The van der Waals surface area contributed by atoms with Crippen molar-refractivity contribution in [1.29, 1.82) is 0 Å². The maximum Gasteiger partial charge on any atom is 0.490 e. The van der Waals surface area contributed by atoms with E-state index in [0.717, 1.165) is 30.7 Å². The molecule has 162 valence electrons. The zero-order valence-electron chi connectivity index (χ0n) is 16.8. The van der Waals surface area contributed by atoms with E-state index in [4.69, 9.17) is 14.9 Å². The number of carbonyl (C=O) groups excluding carboxylic acids is 1. The maximum absolute atomic E-state index is 13.0. The van der Waals surface area contributed by atoms with E-state index in [2.05, 4.69) is 37.4 Å². The minimum Gasteiger partial charge on any atom is -0.475 e. The Kier molecular flexibility index (Phi) is 6.03. The number of nitrogens with zero attached hydrogens (tertiary/aromatic N) is 2. The predicted octanol–water partition coefficient (Wildman–Crippen LogP) is 3.57. The first-order valence-corrected chi connectivity index (χ1v) is 9.72. The predicted molar refractivity (Wildman–Crippen MR) is 105 cm³/mol. The number of benzene rings is 1. The second-order valence-electron chi connectivity index (χ2n) is 8.23. The number of alkyl halides is 3. The molecule has 0 spiro atoms. The van der Waals surface area contributed by atoms with Crippen molar-refractivity contribution in [1.82, 2.24) is 15.2 Å². The van der Waals surface area contributed by atoms with Crippen LogP contribution in [0.1, 0.15) is 48.8 Å². The number of amides is 1. The number of carboxylic acid groups (broad SMARTS) is 1. The number of carbonyl (C=O) groups is 2. The van der Waals surface area contributed by atoms with Gasteiger partial charge < -0.3 is 15.3 Å². The fraction of sp³-hybridized carbons (Fsp3) is 0.476. The minimum absolute atomic E-state index is 0.0376. The second-order valence-corrected chi connectivity index (χ2v) is 8.23. The average Bonchev–Trinajstić information content (AvgIpc) is 3.50. The molecule has 30 heavy (non-hydrogen) atoms. The quantitative estimate of drug-likeness (QED) is 0.772. The third kappa shape index (κ3) is 5.27. The zero-order chi connectivity index (χ0) is 22.1. The summed E-state index contributed by atoms with van der Waals surface area (Å²) in [4.78, 5) is 28.6. The van der Waals surface area contributed by atoms with Crippen LogP contribution in [0.15, 0.2) is 30.3 Å². The summed E-state index contributed by atoms with van der Waals surface area (Å²) in [7, 11) is 0. The molecule has 2 fully saturated rings. The largest absolute Gasteiger partial charge is 0.490 e. The number of hydrogen-bond donors (Lipinski definition) is 2. The van der Waals surface area contributed by atoms with E-state index < -0.39 is 12.1 Å². The summed E-state index contributed by atoms with van der Waals surface area (Å²) in [6, 6.07) is 10.2. The lowest BCUT2D eigenvalue weighted by Gasteiger charge is -2.39. The first-order valence-electron chi connectivity index (χ1n) is 9.72. The van der Waals surface area contributed by atoms with Crippen LogP contribution in [0.2, 0.25) is 0 Å². The molecule has 0 atom stereocenters. The summed E-state index contributed by atoms with van der Waals surface area (Å²) in [6.45, 7) is 6.57. The average molecular weight is 423 g/mol. The molecule has 0 unspecified atom stereocenters. The van der Waals surface area contributed by atoms with Crippen molar-refractivity contribution < 1.29 is 27.9 Å². The van der Waals surface area contributed by atoms with Gasteiger partial charge in [0.25, 0.3) is 5.91 Å². The Hall–Kier alpha value is -2.68. The summed E-state index contributed by atoms with van der Waals surface area (Å²) >= 11 is 0. The SMILES string of the molecule is CC1(C)CN(C(=O)c2cc3ccccc3c(C3CC3)n2)CCN1.O=C(O)C(F)(F)F. The van der Waals surface area contributed by atoms with Crippen LogP contribution in [-0.4, -0.2) is 58.2 Å². The van der Waals surface area contributed by atoms with Crippen LogP contribution in [0.5, 0.6) is 0 Å². The van der Waals surface area contributed by atoms with Crippen LogP contribution in [-0.2, 0) is 4.79 Å². The van der Waals surface area contributed by atoms with Crippen molar-refractivity contribution in [2.24, 2.45) is 0 Å². The fourth-order valence-corrected chi connectivity index (χ4v) is 3.48. The lowest BCUT2D eigenvalue weighted by atomic mass is 10.0. The van der Waals surface area contributed by atoms with Gasteiger partial charge in [-0.05, 0) is 38.1 Å². The van der Waals surface area contributed by atoms with E-state index in [-0.39, 0.29) is 11.4 Å². The topological polar surface area (TPSA) is 82.5 Å². The van der Waals surface area contributed by atoms with E-state index in [0.29, 0.717) is 11.6 Å². The van der Waals surface area contributed by atoms with Crippen molar-refractivity contribution in [3.63, 3.8) is 0 Å². The Morgan fingerprint density at radius 1 is 1.23 bits per heavy atom. The summed E-state index contributed by atoms with van der Waals surface area (Å²) in [6.07, 6.45) is -2.70. The van der Waals surface area contributed by atoms with Crippen LogP contribution >= 0.6 is 0 Å². The monoisotopic (exact) mass is 423 g/mol. The van der Waals surface area contributed by atoms with E-state index in [1.165, 1.54) is 18.2 Å². The molecule has 1 aliphatic carbocycles. The number of aliphatic carboxylic acids is 1. The van der Waals surface area contributed by atoms with E-state index >= 15 is 0 Å². The van der Waals surface area contributed by atoms with Gasteiger partial charge >= 0.3 is 12.1 Å². The van der Waals surface area contributed by atoms with Crippen LogP contribution in [0.4, 0.5) is 13.2 Å². The molecule has 0 bridgehead atoms. The summed E-state index contributed by atoms with van der Waals surface area (Å²) in [5.41, 5.74) is 1.67. The van der Waals surface area contributed by atoms with Crippen molar-refractivity contribution in [3.8, 4) is 0 Å². The number of fused-ring (bicyclic) bond motifs is 1. The standard InChI is InChI=1S/C19H23N3O.C2HF3O2/c1-19(2)12-22(10-9-20-19)18(23)16-11-14-5-3-4-6-15(14)17(21-16)13-7-8-13;3-2(4,5)1(6)7/h3-6,11,13,20H,7-10,12H2,1-2H3;(H,6,7). The Morgan fingerprint density at radius 3 is 2.43 bits per heavy atom. The highest BCUT2D eigenvalue weighted by atomic mass is 19.4. The van der Waals surface area contributed by atoms with Gasteiger partial charge in [-0.3, -0.25) is 4.79 Å². The molecular formula is C21H24F3N3O3. The molecule has 1 saturated heterocycles. The molecule has 1 amide bonds. The van der Waals surface area contributed by atoms with Crippen LogP contribution < -0.4 is 5.32 Å². The van der Waals surface area contributed by atoms with Gasteiger partial charge in [0.2, 0.25) is 0 Å². The number of pyridine rings is 1. The fourth-order valence-electron chi connectivity index (χ4n) is 3.48. The highest BCUT2D eigenvalue weighted by Crippen LogP contribution is 2.42. The number of rotatable bonds is 2. The van der Waals surface area contributed by atoms with Gasteiger partial charge in [0.15, 0.2) is 0 Å². The van der Waals surface area contributed by atoms with Gasteiger partial charge in [0, 0.05) is 36.5 Å². The molecule has 2 aromatic rings. The van der Waals surface area contributed by atoms with Gasteiger partial charge in [0.05, 0.1) is 5.69 Å². The second kappa shape index (κ2) is 8.22. The van der Waals surface area contributed by atoms with Crippen molar-refractivity contribution in [3.05, 3.63) is 41.7 Å². The molecule has 0 radical (unpaired) electrons. The molecule has 1 aromatic carbocycles. The number of hydrogen-bond acceptors (Lipinski definition) is 4. The molecule has 1 aromatic heterocycles. The van der Waals surface area contributed by atoms with Crippen LogP contribution in [0, 0.1) is 0 Å². The van der Waals surface area contributed by atoms with Gasteiger partial charge in [-0.15, -0.1) is 0 Å². The Labute approximate surface area is 172 Å². The van der Waals surface area contributed by atoms with Crippen LogP contribution in [0.25, 0.3) is 10.8 Å². The zero-order valence-corrected chi connectivity index (χ0v) is 16.8. The third-order valence-corrected chi connectivity index (χ3v) is 5.05. The molecule has 2 heterocycles. The third-order valence-electron chi connectivity index (χ3n) is 5.05. The lowest BCUT2D eigenvalue weighted by Crippen LogP contribution is -2.58. The van der Waals surface area contributed by atoms with E-state index in [1.807, 2.05) is 17.0 Å². The Morgan fingerprint density at radius 2 is 1.87 bits per heavy atom. The number of nitrogens with one attached hydrogen (secondary N) is 1. The minimum atomic E-state index is -5.08. The van der Waals surface area contributed by atoms with E-state index in [9.17, 15) is 18.0 Å². The van der Waals surface area contributed by atoms with Gasteiger partial charge in [0.1, 0.15) is 5.69 Å². The molecule has 2 aliphatic rings. The first kappa shape index (κ1) is 22.0. The number of halogens is 3. The Bertz CT molecular complexity index is 955. The molecule has 6 nitrogen and oxygen atoms in total. The summed E-state index contributed by atoms with van der Waals surface area (Å²) in [5, 5.41) is 12.9. The first-order chi connectivity index (χ1) is 14.0. The number of aromatic nitrogens is 1. The number of piperazine rings is 1. The van der Waals surface area contributed by atoms with Gasteiger partial charge in [-0.2, -0.15) is 13.2 Å². The smallest absolute Gasteiger partial charge is 0.475 e. The van der Waals surface area contributed by atoms with Crippen molar-refractivity contribution in [2.45, 2.75) is 44.3 Å². The van der Waals surface area contributed by atoms with Crippen molar-refractivity contribution in [2.75, 3.05) is 19.6 Å². The van der Waals surface area contributed by atoms with Gasteiger partial charge in [-0.25, -0.2) is 9.78 Å². The molecule has 1 saturated carbocycles. The number of carboxylic acids is 1. The molecular weight excluding hydrogens is 399 g/mol.